The Hall–Kier alpha value is -3.57. The topological polar surface area (TPSA) is 128 Å². The molecule has 4 rings (SSSR count). The number of benzene rings is 2. The molecule has 11 heteroatoms. The molecule has 2 aromatic heterocycles. The number of aromatic nitrogens is 4. The SMILES string of the molecule is O=C(Nc1n[nH]c(=S)s1)NC(Cc1ccccc1)C(=O)NCc1nc2ccccc2[nH]1. The van der Waals surface area contributed by atoms with Crippen LogP contribution in [-0.4, -0.2) is 38.1 Å². The highest BCUT2D eigenvalue weighted by Gasteiger charge is 2.22. The summed E-state index contributed by atoms with van der Waals surface area (Å²) in [5.74, 6) is 0.308. The van der Waals surface area contributed by atoms with Crippen molar-refractivity contribution in [3.8, 4) is 0 Å². The molecular formula is C20H19N7O2S2. The van der Waals surface area contributed by atoms with Crippen molar-refractivity contribution in [2.75, 3.05) is 5.32 Å². The van der Waals surface area contributed by atoms with Crippen molar-refractivity contribution in [3.05, 3.63) is 69.9 Å². The van der Waals surface area contributed by atoms with Gasteiger partial charge in [0, 0.05) is 6.42 Å². The van der Waals surface area contributed by atoms with Gasteiger partial charge in [-0.05, 0) is 29.9 Å². The number of fused-ring (bicyclic) bond motifs is 1. The quantitative estimate of drug-likeness (QED) is 0.275. The molecule has 1 atom stereocenters. The van der Waals surface area contributed by atoms with Crippen LogP contribution in [0.3, 0.4) is 0 Å². The number of urea groups is 1. The molecule has 158 valence electrons. The lowest BCUT2D eigenvalue weighted by atomic mass is 10.1. The van der Waals surface area contributed by atoms with Crippen molar-refractivity contribution in [2.24, 2.45) is 0 Å². The number of amides is 3. The first-order valence-electron chi connectivity index (χ1n) is 9.45. The van der Waals surface area contributed by atoms with Gasteiger partial charge in [0.1, 0.15) is 11.9 Å². The van der Waals surface area contributed by atoms with E-state index in [1.54, 1.807) is 0 Å². The van der Waals surface area contributed by atoms with Gasteiger partial charge >= 0.3 is 6.03 Å². The number of imidazole rings is 1. The van der Waals surface area contributed by atoms with Gasteiger partial charge in [-0.3, -0.25) is 15.2 Å². The first-order valence-corrected chi connectivity index (χ1v) is 10.7. The Kier molecular flexibility index (Phi) is 6.34. The predicted octanol–water partition coefficient (Wildman–Crippen LogP) is 3.13. The van der Waals surface area contributed by atoms with Crippen LogP contribution in [0.1, 0.15) is 11.4 Å². The Labute approximate surface area is 186 Å². The minimum Gasteiger partial charge on any atom is -0.347 e. The first kappa shape index (κ1) is 20.7. The van der Waals surface area contributed by atoms with Crippen LogP contribution in [-0.2, 0) is 17.8 Å². The molecule has 3 amide bonds. The standard InChI is InChI=1S/C20H19N7O2S2/c28-17(21-11-16-22-13-8-4-5-9-14(13)23-16)15(10-12-6-2-1-3-7-12)24-18(29)25-19-26-27-20(30)31-19/h1-9,15H,10-11H2,(H,21,28)(H,22,23)(H,27,30)(H2,24,25,26,29). The molecule has 0 aliphatic heterocycles. The maximum Gasteiger partial charge on any atom is 0.321 e. The molecule has 5 N–H and O–H groups in total. The fourth-order valence-electron chi connectivity index (χ4n) is 3.02. The number of rotatable bonds is 7. The highest BCUT2D eigenvalue weighted by atomic mass is 32.1. The van der Waals surface area contributed by atoms with Crippen LogP contribution in [0.25, 0.3) is 11.0 Å². The zero-order valence-electron chi connectivity index (χ0n) is 16.2. The van der Waals surface area contributed by atoms with Crippen molar-refractivity contribution in [2.45, 2.75) is 19.0 Å². The second-order valence-corrected chi connectivity index (χ2v) is 8.34. The molecule has 1 unspecified atom stereocenters. The summed E-state index contributed by atoms with van der Waals surface area (Å²) >= 11 is 6.09. The van der Waals surface area contributed by atoms with Gasteiger partial charge in [-0.25, -0.2) is 9.78 Å². The zero-order valence-corrected chi connectivity index (χ0v) is 17.8. The van der Waals surface area contributed by atoms with Crippen LogP contribution in [0.2, 0.25) is 0 Å². The number of nitrogens with zero attached hydrogens (tertiary/aromatic N) is 2. The van der Waals surface area contributed by atoms with Crippen molar-refractivity contribution in [3.63, 3.8) is 0 Å². The molecule has 0 fully saturated rings. The third kappa shape index (κ3) is 5.53. The number of carbonyl (C=O) groups is 2. The summed E-state index contributed by atoms with van der Waals surface area (Å²) in [4.78, 5) is 32.9. The Morgan fingerprint density at radius 2 is 1.87 bits per heavy atom. The number of nitrogens with one attached hydrogen (secondary N) is 5. The van der Waals surface area contributed by atoms with E-state index in [1.807, 2.05) is 54.6 Å². The average Bonchev–Trinajstić information content (AvgIpc) is 3.37. The maximum atomic E-state index is 12.9. The molecule has 9 nitrogen and oxygen atoms in total. The van der Waals surface area contributed by atoms with Crippen LogP contribution in [0.15, 0.2) is 54.6 Å². The van der Waals surface area contributed by atoms with E-state index in [0.717, 1.165) is 27.9 Å². The minimum atomic E-state index is -0.793. The molecule has 0 aliphatic carbocycles. The maximum absolute atomic E-state index is 12.9. The summed E-state index contributed by atoms with van der Waals surface area (Å²) in [5, 5.41) is 14.9. The molecule has 0 aliphatic rings. The second-order valence-electron chi connectivity index (χ2n) is 6.68. The summed E-state index contributed by atoms with van der Waals surface area (Å²) in [5.41, 5.74) is 2.64. The molecule has 0 saturated carbocycles. The van der Waals surface area contributed by atoms with Gasteiger partial charge in [-0.1, -0.05) is 53.8 Å². The summed E-state index contributed by atoms with van der Waals surface area (Å²) in [6.45, 7) is 0.211. The molecule has 2 aromatic carbocycles. The number of aromatic amines is 2. The van der Waals surface area contributed by atoms with E-state index in [-0.39, 0.29) is 12.5 Å². The van der Waals surface area contributed by atoms with Gasteiger partial charge in [-0.2, -0.15) is 0 Å². The highest BCUT2D eigenvalue weighted by molar-refractivity contribution is 7.73. The number of hydrogen-bond donors (Lipinski definition) is 5. The molecule has 0 radical (unpaired) electrons. The highest BCUT2D eigenvalue weighted by Crippen LogP contribution is 2.12. The van der Waals surface area contributed by atoms with Crippen molar-refractivity contribution < 1.29 is 9.59 Å². The van der Waals surface area contributed by atoms with E-state index >= 15 is 0 Å². The van der Waals surface area contributed by atoms with Crippen LogP contribution < -0.4 is 16.0 Å². The Morgan fingerprint density at radius 3 is 2.61 bits per heavy atom. The fourth-order valence-corrected chi connectivity index (χ4v) is 3.80. The van der Waals surface area contributed by atoms with Gasteiger partial charge in [0.05, 0.1) is 17.6 Å². The number of H-pyrrole nitrogens is 2. The number of para-hydroxylation sites is 2. The van der Waals surface area contributed by atoms with E-state index in [0.29, 0.717) is 21.3 Å². The van der Waals surface area contributed by atoms with Crippen molar-refractivity contribution in [1.82, 2.24) is 30.8 Å². The molecule has 0 bridgehead atoms. The van der Waals surface area contributed by atoms with Crippen LogP contribution in [0, 0.1) is 3.95 Å². The zero-order chi connectivity index (χ0) is 21.6. The summed E-state index contributed by atoms with van der Waals surface area (Å²) < 4.78 is 0.444. The first-order chi connectivity index (χ1) is 15.1. The van der Waals surface area contributed by atoms with Gasteiger partial charge < -0.3 is 15.6 Å². The van der Waals surface area contributed by atoms with E-state index in [4.69, 9.17) is 12.2 Å². The smallest absolute Gasteiger partial charge is 0.321 e. The normalized spacial score (nSPS) is 11.7. The molecule has 2 heterocycles. The Bertz CT molecular complexity index is 1220. The van der Waals surface area contributed by atoms with Gasteiger partial charge in [0.15, 0.2) is 3.95 Å². The average molecular weight is 454 g/mol. The monoisotopic (exact) mass is 453 g/mol. The molecule has 0 saturated heterocycles. The third-order valence-electron chi connectivity index (χ3n) is 4.43. The van der Waals surface area contributed by atoms with E-state index in [1.165, 1.54) is 0 Å². The lowest BCUT2D eigenvalue weighted by molar-refractivity contribution is -0.123. The van der Waals surface area contributed by atoms with E-state index < -0.39 is 12.1 Å². The fraction of sp³-hybridized carbons (Fsp3) is 0.150. The number of hydrogen-bond acceptors (Lipinski definition) is 6. The summed E-state index contributed by atoms with van der Waals surface area (Å²) in [6, 6.07) is 15.8. The van der Waals surface area contributed by atoms with Crippen LogP contribution in [0.4, 0.5) is 9.93 Å². The Morgan fingerprint density at radius 1 is 1.10 bits per heavy atom. The molecule has 0 spiro atoms. The van der Waals surface area contributed by atoms with E-state index in [9.17, 15) is 9.59 Å². The lowest BCUT2D eigenvalue weighted by Crippen LogP contribution is -2.49. The largest absolute Gasteiger partial charge is 0.347 e. The number of anilines is 1. The van der Waals surface area contributed by atoms with Crippen molar-refractivity contribution in [1.29, 1.82) is 0 Å². The summed E-state index contributed by atoms with van der Waals surface area (Å²) in [7, 11) is 0. The van der Waals surface area contributed by atoms with E-state index in [2.05, 4.69) is 36.1 Å². The second kappa shape index (κ2) is 9.49. The van der Waals surface area contributed by atoms with Gasteiger partial charge in [-0.15, -0.1) is 5.10 Å². The van der Waals surface area contributed by atoms with Gasteiger partial charge in [0.2, 0.25) is 11.0 Å². The van der Waals surface area contributed by atoms with Crippen LogP contribution >= 0.6 is 23.6 Å². The Balaban J connectivity index is 1.43. The molecule has 4 aromatic rings. The van der Waals surface area contributed by atoms with Crippen LogP contribution in [0.5, 0.6) is 0 Å². The lowest BCUT2D eigenvalue weighted by Gasteiger charge is -2.18. The molecular weight excluding hydrogens is 434 g/mol. The third-order valence-corrected chi connectivity index (χ3v) is 5.44. The number of carbonyl (C=O) groups excluding carboxylic acids is 2. The predicted molar refractivity (Wildman–Crippen MR) is 121 cm³/mol. The van der Waals surface area contributed by atoms with Gasteiger partial charge in [0.25, 0.3) is 0 Å². The molecule has 31 heavy (non-hydrogen) atoms. The minimum absolute atomic E-state index is 0.211. The van der Waals surface area contributed by atoms with Crippen molar-refractivity contribution >= 4 is 51.7 Å². The summed E-state index contributed by atoms with van der Waals surface area (Å²) in [6.07, 6.45) is 0.330.